The third-order valence-corrected chi connectivity index (χ3v) is 7.44. The van der Waals surface area contributed by atoms with E-state index in [0.717, 1.165) is 11.6 Å². The summed E-state index contributed by atoms with van der Waals surface area (Å²) in [7, 11) is 0. The minimum Gasteiger partial charge on any atom is -0.393 e. The van der Waals surface area contributed by atoms with Crippen molar-refractivity contribution in [1.29, 1.82) is 0 Å². The van der Waals surface area contributed by atoms with Crippen molar-refractivity contribution < 1.29 is 27.5 Å². The minimum absolute atomic E-state index is 0.0148. The zero-order valence-electron chi connectivity index (χ0n) is 19.6. The van der Waals surface area contributed by atoms with Crippen molar-refractivity contribution in [2.45, 2.75) is 49.4 Å². The number of nitrogens with one attached hydrogen (secondary N) is 2. The fourth-order valence-corrected chi connectivity index (χ4v) is 5.35. The normalized spacial score (nSPS) is 21.5. The Labute approximate surface area is 218 Å². The van der Waals surface area contributed by atoms with Crippen molar-refractivity contribution in [1.82, 2.24) is 24.8 Å². The molecule has 2 fully saturated rings. The van der Waals surface area contributed by atoms with E-state index in [-0.39, 0.29) is 49.3 Å². The van der Waals surface area contributed by atoms with Gasteiger partial charge in [-0.05, 0) is 59.3 Å². The number of aliphatic hydroxyl groups is 1. The molecule has 0 atom stereocenters. The molecule has 1 aliphatic carbocycles. The van der Waals surface area contributed by atoms with Gasteiger partial charge in [0.25, 0.3) is 0 Å². The summed E-state index contributed by atoms with van der Waals surface area (Å²) in [4.78, 5) is 18.2. The third-order valence-electron chi connectivity index (χ3n) is 7.05. The van der Waals surface area contributed by atoms with Crippen molar-refractivity contribution in [3.8, 4) is 0 Å². The van der Waals surface area contributed by atoms with Gasteiger partial charge in [0.1, 0.15) is 16.2 Å². The molecule has 0 spiro atoms. The molecule has 1 saturated heterocycles. The number of aliphatic hydroxyl groups excluding tert-OH is 1. The Kier molecular flexibility index (Phi) is 6.77. The molecule has 0 bridgehead atoms. The Bertz CT molecular complexity index is 1280. The number of amides is 2. The maximum absolute atomic E-state index is 13.6. The van der Waals surface area contributed by atoms with E-state index >= 15 is 0 Å². The highest BCUT2D eigenvalue weighted by Crippen LogP contribution is 2.36. The average molecular weight is 585 g/mol. The molecule has 2 amide bonds. The predicted molar refractivity (Wildman–Crippen MR) is 131 cm³/mol. The van der Waals surface area contributed by atoms with Gasteiger partial charge in [-0.2, -0.15) is 22.8 Å². The summed E-state index contributed by atoms with van der Waals surface area (Å²) < 4.78 is 55.7. The maximum Gasteiger partial charge on any atom is 0.433 e. The monoisotopic (exact) mass is 584 g/mol. The summed E-state index contributed by atoms with van der Waals surface area (Å²) in [6, 6.07) is 7.93. The van der Waals surface area contributed by atoms with E-state index < -0.39 is 23.1 Å². The Morgan fingerprint density at radius 3 is 2.46 bits per heavy atom. The molecule has 1 aromatic carbocycles. The minimum atomic E-state index is -4.65. The number of fused-ring (bicyclic) bond motifs is 1. The van der Waals surface area contributed by atoms with Crippen LogP contribution in [-0.4, -0.2) is 62.4 Å². The number of rotatable bonds is 5. The van der Waals surface area contributed by atoms with Gasteiger partial charge in [-0.1, -0.05) is 12.1 Å². The summed E-state index contributed by atoms with van der Waals surface area (Å²) in [5.74, 6) is -0.319. The van der Waals surface area contributed by atoms with E-state index in [2.05, 4.69) is 36.6 Å². The van der Waals surface area contributed by atoms with Crippen LogP contribution in [0.5, 0.6) is 0 Å². The van der Waals surface area contributed by atoms with Crippen LogP contribution in [0.25, 0.3) is 5.65 Å². The number of aromatic nitrogens is 3. The molecule has 2 aliphatic rings. The van der Waals surface area contributed by atoms with Crippen LogP contribution in [0.3, 0.4) is 0 Å². The Morgan fingerprint density at radius 1 is 1.14 bits per heavy atom. The lowest BCUT2D eigenvalue weighted by molar-refractivity contribution is -0.141. The van der Waals surface area contributed by atoms with Crippen LogP contribution in [-0.2, 0) is 11.6 Å². The number of halogens is 5. The molecule has 8 nitrogen and oxygen atoms in total. The predicted octanol–water partition coefficient (Wildman–Crippen LogP) is 4.33. The average Bonchev–Trinajstić information content (AvgIpc) is 3.20. The van der Waals surface area contributed by atoms with Crippen molar-refractivity contribution in [2.75, 3.05) is 25.0 Å². The number of likely N-dealkylation sites (tertiary alicyclic amines) is 1. The van der Waals surface area contributed by atoms with Gasteiger partial charge in [-0.15, -0.1) is 0 Å². The van der Waals surface area contributed by atoms with E-state index in [1.807, 2.05) is 0 Å². The molecule has 2 aromatic heterocycles. The van der Waals surface area contributed by atoms with Crippen molar-refractivity contribution >= 4 is 33.4 Å². The summed E-state index contributed by atoms with van der Waals surface area (Å²) in [5.41, 5.74) is -0.939. The van der Waals surface area contributed by atoms with E-state index in [0.29, 0.717) is 30.3 Å². The quantitative estimate of drug-likeness (QED) is 0.388. The molecule has 37 heavy (non-hydrogen) atoms. The van der Waals surface area contributed by atoms with Crippen molar-refractivity contribution in [2.24, 2.45) is 0 Å². The van der Waals surface area contributed by atoms with Crippen LogP contribution < -0.4 is 10.6 Å². The number of hydrogen-bond donors (Lipinski definition) is 3. The molecule has 3 N–H and O–H groups in total. The van der Waals surface area contributed by atoms with Gasteiger partial charge in [0.2, 0.25) is 0 Å². The van der Waals surface area contributed by atoms with Crippen LogP contribution in [0, 0.1) is 5.82 Å². The number of benzene rings is 1. The molecule has 0 unspecified atom stereocenters. The zero-order chi connectivity index (χ0) is 26.4. The van der Waals surface area contributed by atoms with Gasteiger partial charge in [0, 0.05) is 43.2 Å². The summed E-state index contributed by atoms with van der Waals surface area (Å²) in [6.07, 6.45) is -2.31. The van der Waals surface area contributed by atoms with Crippen molar-refractivity contribution in [3.05, 3.63) is 58.1 Å². The number of alkyl halides is 3. The maximum atomic E-state index is 13.6. The highest BCUT2D eigenvalue weighted by atomic mass is 79.9. The van der Waals surface area contributed by atoms with Gasteiger partial charge in [-0.3, -0.25) is 0 Å². The molecule has 198 valence electrons. The molecule has 1 saturated carbocycles. The van der Waals surface area contributed by atoms with Gasteiger partial charge in [0.05, 0.1) is 6.10 Å². The molecule has 0 radical (unpaired) electrons. The molecule has 3 aromatic rings. The number of urea groups is 1. The second-order valence-electron chi connectivity index (χ2n) is 9.71. The van der Waals surface area contributed by atoms with Gasteiger partial charge in [-0.25, -0.2) is 14.2 Å². The number of nitrogens with zero attached hydrogens (tertiary/aromatic N) is 4. The van der Waals surface area contributed by atoms with E-state index in [1.165, 1.54) is 22.7 Å². The first-order valence-corrected chi connectivity index (χ1v) is 12.7. The van der Waals surface area contributed by atoms with E-state index in [4.69, 9.17) is 0 Å². The van der Waals surface area contributed by atoms with Gasteiger partial charge in [0.15, 0.2) is 11.3 Å². The lowest BCUT2D eigenvalue weighted by Gasteiger charge is -2.51. The Balaban J connectivity index is 1.36. The molecule has 3 heterocycles. The first-order chi connectivity index (χ1) is 17.5. The van der Waals surface area contributed by atoms with Crippen LogP contribution in [0.15, 0.2) is 41.0 Å². The second-order valence-corrected chi connectivity index (χ2v) is 10.5. The zero-order valence-corrected chi connectivity index (χ0v) is 21.2. The highest BCUT2D eigenvalue weighted by molar-refractivity contribution is 9.10. The molecule has 5 rings (SSSR count). The fraction of sp³-hybridized carbons (Fsp3) is 0.458. The number of carbonyl (C=O) groups is 1. The lowest BCUT2D eigenvalue weighted by Crippen LogP contribution is -2.66. The van der Waals surface area contributed by atoms with Gasteiger partial charge < -0.3 is 20.6 Å². The standard InChI is InChI=1S/C24H25BrF4N6O2/c25-19-10-21-32-18(24(27,28)29)9-20(35(21)33-19)30-11-23(14-1-3-15(26)4-2-14)12-34(13-23)22(37)31-16-5-7-17(36)8-6-16/h1-4,9-10,16-17,30,36H,5-8,11-13H2,(H,31,37). The Morgan fingerprint density at radius 2 is 1.81 bits per heavy atom. The number of hydrogen-bond acceptors (Lipinski definition) is 5. The molecular weight excluding hydrogens is 560 g/mol. The summed E-state index contributed by atoms with van der Waals surface area (Å²) in [5, 5.41) is 20.0. The topological polar surface area (TPSA) is 94.8 Å². The number of anilines is 1. The molecule has 13 heteroatoms. The summed E-state index contributed by atoms with van der Waals surface area (Å²) >= 11 is 3.18. The smallest absolute Gasteiger partial charge is 0.393 e. The summed E-state index contributed by atoms with van der Waals surface area (Å²) in [6.45, 7) is 0.748. The van der Waals surface area contributed by atoms with E-state index in [9.17, 15) is 27.5 Å². The lowest BCUT2D eigenvalue weighted by atomic mass is 9.73. The Hall–Kier alpha value is -2.93. The molecular formula is C24H25BrF4N6O2. The van der Waals surface area contributed by atoms with Gasteiger partial charge >= 0.3 is 12.2 Å². The van der Waals surface area contributed by atoms with Crippen molar-refractivity contribution in [3.63, 3.8) is 0 Å². The second kappa shape index (κ2) is 9.75. The first kappa shape index (κ1) is 25.7. The van der Waals surface area contributed by atoms with Crippen LogP contribution in [0.1, 0.15) is 36.9 Å². The van der Waals surface area contributed by atoms with Crippen LogP contribution in [0.4, 0.5) is 28.2 Å². The van der Waals surface area contributed by atoms with E-state index in [1.54, 1.807) is 17.0 Å². The van der Waals surface area contributed by atoms with Crippen LogP contribution in [0.2, 0.25) is 0 Å². The number of carbonyl (C=O) groups excluding carboxylic acids is 1. The SMILES string of the molecule is O=C(NC1CCC(O)CC1)N1CC(CNc2cc(C(F)(F)F)nc3cc(Br)nn23)(c2ccc(F)cc2)C1. The highest BCUT2D eigenvalue weighted by Gasteiger charge is 2.47. The first-order valence-electron chi connectivity index (χ1n) is 11.9. The van der Waals surface area contributed by atoms with Crippen LogP contribution >= 0.6 is 15.9 Å². The fourth-order valence-electron chi connectivity index (χ4n) is 4.99. The molecule has 1 aliphatic heterocycles. The largest absolute Gasteiger partial charge is 0.433 e. The third kappa shape index (κ3) is 5.37.